The number of ether oxygens (including phenoxy) is 1. The van der Waals surface area contributed by atoms with Gasteiger partial charge in [-0.3, -0.25) is 19.0 Å². The lowest BCUT2D eigenvalue weighted by Crippen LogP contribution is -2.40. The molecular weight excluding hydrogens is 444 g/mol. The summed E-state index contributed by atoms with van der Waals surface area (Å²) in [6, 6.07) is 16.2. The van der Waals surface area contributed by atoms with Gasteiger partial charge in [-0.2, -0.15) is 0 Å². The highest BCUT2D eigenvalue weighted by Gasteiger charge is 2.28. The average molecular weight is 475 g/mol. The number of ketones is 1. The molecule has 4 aromatic rings. The Hall–Kier alpha value is -3.91. The molecule has 0 saturated heterocycles. The summed E-state index contributed by atoms with van der Waals surface area (Å²) >= 11 is 0. The fraction of sp³-hybridized carbons (Fsp3) is 0.296. The number of likely N-dealkylation sites (N-methyl/N-ethyl adjacent to an activating group) is 1. The molecule has 8 nitrogen and oxygen atoms in total. The summed E-state index contributed by atoms with van der Waals surface area (Å²) in [4.78, 5) is 42.1. The molecule has 0 fully saturated rings. The Kier molecular flexibility index (Phi) is 6.75. The number of aromatic nitrogens is 2. The summed E-state index contributed by atoms with van der Waals surface area (Å²) in [6.45, 7) is 2.46. The number of carbonyl (C=O) groups is 2. The summed E-state index contributed by atoms with van der Waals surface area (Å²) in [7, 11) is 7.07. The van der Waals surface area contributed by atoms with Gasteiger partial charge in [0.2, 0.25) is 0 Å². The van der Waals surface area contributed by atoms with Crippen LogP contribution in [0.15, 0.2) is 59.4 Å². The van der Waals surface area contributed by atoms with Crippen LogP contribution in [0.5, 0.6) is 5.75 Å². The highest BCUT2D eigenvalue weighted by Crippen LogP contribution is 2.34. The van der Waals surface area contributed by atoms with Crippen molar-refractivity contribution in [2.75, 3.05) is 27.7 Å². The lowest BCUT2D eigenvalue weighted by molar-refractivity contribution is 0.0922. The van der Waals surface area contributed by atoms with Gasteiger partial charge in [0.1, 0.15) is 5.39 Å². The van der Waals surface area contributed by atoms with E-state index in [1.807, 2.05) is 56.3 Å². The van der Waals surface area contributed by atoms with Crippen molar-refractivity contribution in [1.29, 1.82) is 0 Å². The topological polar surface area (TPSA) is 85.6 Å². The van der Waals surface area contributed by atoms with Crippen molar-refractivity contribution in [3.05, 3.63) is 76.2 Å². The highest BCUT2D eigenvalue weighted by atomic mass is 16.5. The highest BCUT2D eigenvalue weighted by molar-refractivity contribution is 6.12. The van der Waals surface area contributed by atoms with E-state index >= 15 is 0 Å². The molecule has 1 amide bonds. The smallest absolute Gasteiger partial charge is 0.272 e. The third-order valence-corrected chi connectivity index (χ3v) is 6.09. The molecule has 1 N–H and O–H groups in total. The quantitative estimate of drug-likeness (QED) is 0.397. The first kappa shape index (κ1) is 24.2. The van der Waals surface area contributed by atoms with Crippen molar-refractivity contribution in [2.45, 2.75) is 19.5 Å². The van der Waals surface area contributed by atoms with E-state index in [1.165, 1.54) is 11.7 Å². The van der Waals surface area contributed by atoms with Crippen LogP contribution in [-0.4, -0.2) is 59.5 Å². The van der Waals surface area contributed by atoms with Crippen LogP contribution >= 0.6 is 0 Å². The molecule has 35 heavy (non-hydrogen) atoms. The normalized spacial score (nSPS) is 12.3. The average Bonchev–Trinajstić information content (AvgIpc) is 3.14. The standard InChI is InChI=1S/C27H30N4O4/c1-17(15-29(2)3)28-26(33)24-25(35-5)22-23(30(24)4)19-13-9-10-14-20(19)31(27(22)34)16-21(32)18-11-7-6-8-12-18/h6-14,17H,15-16H2,1-5H3,(H,28,33). The molecule has 1 atom stereocenters. The molecule has 0 aliphatic carbocycles. The van der Waals surface area contributed by atoms with Gasteiger partial charge in [-0.05, 0) is 27.1 Å². The maximum absolute atomic E-state index is 13.8. The van der Waals surface area contributed by atoms with Gasteiger partial charge in [0.25, 0.3) is 11.5 Å². The molecule has 0 aliphatic rings. The molecule has 0 bridgehead atoms. The van der Waals surface area contributed by atoms with E-state index in [1.54, 1.807) is 35.9 Å². The van der Waals surface area contributed by atoms with Crippen molar-refractivity contribution < 1.29 is 14.3 Å². The zero-order valence-electron chi connectivity index (χ0n) is 20.7. The SMILES string of the molecule is COc1c(C(=O)NC(C)CN(C)C)n(C)c2c1c(=O)n(CC(=O)c1ccccc1)c1ccccc21. The number of nitrogens with zero attached hydrogens (tertiary/aromatic N) is 3. The number of carbonyl (C=O) groups excluding carboxylic acids is 2. The Labute approximate surface area is 203 Å². The van der Waals surface area contributed by atoms with E-state index in [4.69, 9.17) is 4.74 Å². The van der Waals surface area contributed by atoms with Crippen LogP contribution in [0.2, 0.25) is 0 Å². The van der Waals surface area contributed by atoms with E-state index < -0.39 is 0 Å². The second kappa shape index (κ2) is 9.76. The fourth-order valence-electron chi connectivity index (χ4n) is 4.68. The number of methoxy groups -OCH3 is 1. The molecule has 8 heteroatoms. The minimum atomic E-state index is -0.379. The number of pyridine rings is 1. The first-order valence-corrected chi connectivity index (χ1v) is 11.5. The molecule has 1 unspecified atom stereocenters. The van der Waals surface area contributed by atoms with Crippen molar-refractivity contribution in [3.63, 3.8) is 0 Å². The van der Waals surface area contributed by atoms with Gasteiger partial charge >= 0.3 is 0 Å². The van der Waals surface area contributed by atoms with Crippen molar-refractivity contribution in [1.82, 2.24) is 19.4 Å². The molecule has 0 saturated carbocycles. The third kappa shape index (κ3) is 4.44. The van der Waals surface area contributed by atoms with Gasteiger partial charge in [0.15, 0.2) is 17.2 Å². The molecule has 4 rings (SSSR count). The molecule has 2 aromatic carbocycles. The lowest BCUT2D eigenvalue weighted by Gasteiger charge is -2.18. The summed E-state index contributed by atoms with van der Waals surface area (Å²) in [5.41, 5.74) is 1.62. The molecule has 0 aliphatic heterocycles. The summed E-state index contributed by atoms with van der Waals surface area (Å²) in [5, 5.41) is 4.03. The van der Waals surface area contributed by atoms with Crippen molar-refractivity contribution >= 4 is 33.5 Å². The second-order valence-corrected chi connectivity index (χ2v) is 9.00. The van der Waals surface area contributed by atoms with Gasteiger partial charge in [-0.25, -0.2) is 0 Å². The Balaban J connectivity index is 1.92. The minimum absolute atomic E-state index is 0.114. The first-order valence-electron chi connectivity index (χ1n) is 11.5. The van der Waals surface area contributed by atoms with Gasteiger partial charge in [-0.1, -0.05) is 48.5 Å². The molecule has 182 valence electrons. The van der Waals surface area contributed by atoms with E-state index in [0.717, 1.165) is 5.39 Å². The van der Waals surface area contributed by atoms with E-state index in [2.05, 4.69) is 5.32 Å². The van der Waals surface area contributed by atoms with Crippen LogP contribution in [0.25, 0.3) is 21.8 Å². The minimum Gasteiger partial charge on any atom is -0.493 e. The van der Waals surface area contributed by atoms with Crippen molar-refractivity contribution in [3.8, 4) is 5.75 Å². The van der Waals surface area contributed by atoms with Crippen LogP contribution in [0.4, 0.5) is 0 Å². The maximum atomic E-state index is 13.8. The van der Waals surface area contributed by atoms with E-state index in [-0.39, 0.29) is 46.7 Å². The maximum Gasteiger partial charge on any atom is 0.272 e. The predicted octanol–water partition coefficient (Wildman–Crippen LogP) is 3.06. The summed E-state index contributed by atoms with van der Waals surface area (Å²) in [6.07, 6.45) is 0. The number of amides is 1. The number of hydrogen-bond donors (Lipinski definition) is 1. The zero-order chi connectivity index (χ0) is 25.3. The van der Waals surface area contributed by atoms with Gasteiger partial charge in [0, 0.05) is 30.6 Å². The van der Waals surface area contributed by atoms with Gasteiger partial charge < -0.3 is 19.5 Å². The van der Waals surface area contributed by atoms with Gasteiger partial charge in [-0.15, -0.1) is 0 Å². The van der Waals surface area contributed by atoms with E-state index in [9.17, 15) is 14.4 Å². The Morgan fingerprint density at radius 2 is 1.71 bits per heavy atom. The largest absolute Gasteiger partial charge is 0.493 e. The molecule has 2 heterocycles. The van der Waals surface area contributed by atoms with Crippen LogP contribution in [0.3, 0.4) is 0 Å². The number of nitrogens with one attached hydrogen (secondary N) is 1. The van der Waals surface area contributed by atoms with Crippen LogP contribution < -0.4 is 15.6 Å². The number of Topliss-reactive ketones (excluding diaryl/α,β-unsaturated/α-hetero) is 1. The predicted molar refractivity (Wildman–Crippen MR) is 137 cm³/mol. The van der Waals surface area contributed by atoms with Gasteiger partial charge in [0.05, 0.1) is 24.7 Å². The Bertz CT molecular complexity index is 1470. The zero-order valence-corrected chi connectivity index (χ0v) is 20.7. The molecule has 0 radical (unpaired) electrons. The van der Waals surface area contributed by atoms with Crippen LogP contribution in [0, 0.1) is 0 Å². The van der Waals surface area contributed by atoms with Crippen LogP contribution in [0.1, 0.15) is 27.8 Å². The number of benzene rings is 2. The summed E-state index contributed by atoms with van der Waals surface area (Å²) < 4.78 is 8.82. The second-order valence-electron chi connectivity index (χ2n) is 9.00. The fourth-order valence-corrected chi connectivity index (χ4v) is 4.68. The van der Waals surface area contributed by atoms with Crippen molar-refractivity contribution in [2.24, 2.45) is 7.05 Å². The summed E-state index contributed by atoms with van der Waals surface area (Å²) in [5.74, 6) is -0.304. The first-order chi connectivity index (χ1) is 16.7. The number of rotatable bonds is 8. The number of para-hydroxylation sites is 1. The van der Waals surface area contributed by atoms with Crippen LogP contribution in [-0.2, 0) is 13.6 Å². The third-order valence-electron chi connectivity index (χ3n) is 6.09. The Morgan fingerprint density at radius 1 is 1.06 bits per heavy atom. The number of hydrogen-bond acceptors (Lipinski definition) is 5. The number of fused-ring (bicyclic) bond motifs is 3. The Morgan fingerprint density at radius 3 is 2.37 bits per heavy atom. The number of aryl methyl sites for hydroxylation is 1. The monoisotopic (exact) mass is 474 g/mol. The lowest BCUT2D eigenvalue weighted by atomic mass is 10.1. The molecule has 2 aromatic heterocycles. The van der Waals surface area contributed by atoms with E-state index in [0.29, 0.717) is 23.1 Å². The molecule has 0 spiro atoms. The molecular formula is C27H30N4O4.